The lowest BCUT2D eigenvalue weighted by Gasteiger charge is -2.04. The van der Waals surface area contributed by atoms with Crippen LogP contribution in [0.2, 0.25) is 0 Å². The molecule has 0 aliphatic rings. The van der Waals surface area contributed by atoms with Crippen molar-refractivity contribution in [3.8, 4) is 17.0 Å². The number of amides is 1. The molecule has 1 aromatic carbocycles. The highest BCUT2D eigenvalue weighted by atomic mass is 16.3. The molecule has 1 amide bonds. The van der Waals surface area contributed by atoms with Gasteiger partial charge in [-0.1, -0.05) is 30.3 Å². The Morgan fingerprint density at radius 3 is 2.56 bits per heavy atom. The third-order valence-electron chi connectivity index (χ3n) is 2.35. The molecule has 0 aliphatic heterocycles. The lowest BCUT2D eigenvalue weighted by Crippen LogP contribution is -2.20. The zero-order valence-corrected chi connectivity index (χ0v) is 9.38. The molecule has 6 heteroatoms. The molecular weight excluding hydrogens is 234 g/mol. The van der Waals surface area contributed by atoms with E-state index >= 15 is 0 Å². The number of nitrogens with two attached hydrogens (primary N) is 1. The third kappa shape index (κ3) is 2.37. The van der Waals surface area contributed by atoms with E-state index in [4.69, 9.17) is 5.73 Å². The van der Waals surface area contributed by atoms with E-state index in [9.17, 15) is 14.7 Å². The van der Waals surface area contributed by atoms with Gasteiger partial charge in [-0.2, -0.15) is 4.98 Å². The summed E-state index contributed by atoms with van der Waals surface area (Å²) in [5.74, 6) is -1.00. The fourth-order valence-electron chi connectivity index (χ4n) is 1.62. The summed E-state index contributed by atoms with van der Waals surface area (Å²) >= 11 is 0. The minimum Gasteiger partial charge on any atom is -0.493 e. The monoisotopic (exact) mass is 245 g/mol. The van der Waals surface area contributed by atoms with Crippen LogP contribution in [-0.4, -0.2) is 21.0 Å². The molecule has 0 fully saturated rings. The quantitative estimate of drug-likeness (QED) is 0.716. The fourth-order valence-corrected chi connectivity index (χ4v) is 1.62. The molecule has 0 spiro atoms. The number of aromatic nitrogens is 2. The van der Waals surface area contributed by atoms with Gasteiger partial charge in [0.25, 0.3) is 5.56 Å². The van der Waals surface area contributed by atoms with E-state index in [0.29, 0.717) is 5.56 Å². The molecule has 1 heterocycles. The number of nitrogens with one attached hydrogen (secondary N) is 1. The summed E-state index contributed by atoms with van der Waals surface area (Å²) in [4.78, 5) is 28.7. The largest absolute Gasteiger partial charge is 0.493 e. The summed E-state index contributed by atoms with van der Waals surface area (Å²) in [6, 6.07) is 8.64. The molecule has 2 rings (SSSR count). The summed E-state index contributed by atoms with van der Waals surface area (Å²) < 4.78 is 0. The molecule has 0 saturated carbocycles. The SMILES string of the molecule is NC(=O)Cc1nc(O)c(-c2ccccc2)c(=O)[nH]1. The molecule has 1 aromatic heterocycles. The highest BCUT2D eigenvalue weighted by Gasteiger charge is 2.13. The standard InChI is InChI=1S/C12H11N3O3/c13-8(16)6-9-14-11(17)10(12(18)15-9)7-4-2-1-3-5-7/h1-5H,6H2,(H2,13,16)(H2,14,15,17,18). The van der Waals surface area contributed by atoms with Crippen molar-refractivity contribution in [1.29, 1.82) is 0 Å². The first-order valence-electron chi connectivity index (χ1n) is 5.24. The van der Waals surface area contributed by atoms with E-state index in [-0.39, 0.29) is 17.8 Å². The molecule has 6 nitrogen and oxygen atoms in total. The van der Waals surface area contributed by atoms with Crippen molar-refractivity contribution in [1.82, 2.24) is 9.97 Å². The number of nitrogens with zero attached hydrogens (tertiary/aromatic N) is 1. The number of carbonyl (C=O) groups excluding carboxylic acids is 1. The van der Waals surface area contributed by atoms with Crippen LogP contribution in [0.25, 0.3) is 11.1 Å². The summed E-state index contributed by atoms with van der Waals surface area (Å²) in [6.45, 7) is 0. The van der Waals surface area contributed by atoms with Crippen molar-refractivity contribution in [3.05, 3.63) is 46.5 Å². The van der Waals surface area contributed by atoms with Gasteiger partial charge in [-0.05, 0) is 5.56 Å². The van der Waals surface area contributed by atoms with E-state index in [1.165, 1.54) is 0 Å². The second kappa shape index (κ2) is 4.70. The molecule has 0 atom stereocenters. The smallest absolute Gasteiger partial charge is 0.262 e. The highest BCUT2D eigenvalue weighted by molar-refractivity contribution is 5.76. The Morgan fingerprint density at radius 2 is 2.00 bits per heavy atom. The summed E-state index contributed by atoms with van der Waals surface area (Å²) in [6.07, 6.45) is -0.224. The number of hydrogen-bond acceptors (Lipinski definition) is 4. The molecule has 0 saturated heterocycles. The van der Waals surface area contributed by atoms with Crippen LogP contribution in [-0.2, 0) is 11.2 Å². The van der Waals surface area contributed by atoms with Crippen LogP contribution >= 0.6 is 0 Å². The second-order valence-electron chi connectivity index (χ2n) is 3.72. The predicted molar refractivity (Wildman–Crippen MR) is 64.9 cm³/mol. The molecular formula is C12H11N3O3. The number of rotatable bonds is 3. The highest BCUT2D eigenvalue weighted by Crippen LogP contribution is 2.22. The first-order chi connectivity index (χ1) is 8.58. The van der Waals surface area contributed by atoms with Gasteiger partial charge in [0.15, 0.2) is 0 Å². The van der Waals surface area contributed by atoms with E-state index in [2.05, 4.69) is 9.97 Å². The number of H-pyrrole nitrogens is 1. The maximum Gasteiger partial charge on any atom is 0.262 e. The van der Waals surface area contributed by atoms with Gasteiger partial charge < -0.3 is 15.8 Å². The zero-order valence-electron chi connectivity index (χ0n) is 9.38. The number of carbonyl (C=O) groups is 1. The van der Waals surface area contributed by atoms with Gasteiger partial charge >= 0.3 is 0 Å². The zero-order chi connectivity index (χ0) is 13.1. The molecule has 0 bridgehead atoms. The Balaban J connectivity index is 2.52. The molecule has 0 unspecified atom stereocenters. The topological polar surface area (TPSA) is 109 Å². The minimum atomic E-state index is -0.634. The van der Waals surface area contributed by atoms with Crippen LogP contribution in [0.4, 0.5) is 0 Å². The summed E-state index contributed by atoms with van der Waals surface area (Å²) in [7, 11) is 0. The maximum absolute atomic E-state index is 11.8. The lowest BCUT2D eigenvalue weighted by atomic mass is 10.1. The summed E-state index contributed by atoms with van der Waals surface area (Å²) in [5.41, 5.74) is 5.11. The van der Waals surface area contributed by atoms with Gasteiger partial charge in [-0.15, -0.1) is 0 Å². The van der Waals surface area contributed by atoms with Crippen molar-refractivity contribution >= 4 is 5.91 Å². The normalized spacial score (nSPS) is 10.2. The average Bonchev–Trinajstić information content (AvgIpc) is 2.28. The van der Waals surface area contributed by atoms with Crippen LogP contribution in [0, 0.1) is 0 Å². The van der Waals surface area contributed by atoms with Crippen LogP contribution in [0.15, 0.2) is 35.1 Å². The minimum absolute atomic E-state index is 0.0460. The van der Waals surface area contributed by atoms with Crippen molar-refractivity contribution < 1.29 is 9.90 Å². The van der Waals surface area contributed by atoms with E-state index < -0.39 is 17.3 Å². The number of aromatic hydroxyl groups is 1. The first-order valence-corrected chi connectivity index (χ1v) is 5.24. The van der Waals surface area contributed by atoms with Gasteiger partial charge in [0, 0.05) is 0 Å². The molecule has 92 valence electrons. The van der Waals surface area contributed by atoms with Crippen LogP contribution in [0.5, 0.6) is 5.88 Å². The first kappa shape index (κ1) is 11.8. The van der Waals surface area contributed by atoms with Gasteiger partial charge in [0.05, 0.1) is 6.42 Å². The summed E-state index contributed by atoms with van der Waals surface area (Å²) in [5, 5.41) is 9.76. The van der Waals surface area contributed by atoms with Crippen molar-refractivity contribution in [3.63, 3.8) is 0 Å². The van der Waals surface area contributed by atoms with Gasteiger partial charge in [0.2, 0.25) is 11.8 Å². The number of aromatic amines is 1. The van der Waals surface area contributed by atoms with Crippen LogP contribution in [0.3, 0.4) is 0 Å². The van der Waals surface area contributed by atoms with E-state index in [1.54, 1.807) is 30.3 Å². The molecule has 0 aliphatic carbocycles. The Hall–Kier alpha value is -2.63. The van der Waals surface area contributed by atoms with Gasteiger partial charge in [0.1, 0.15) is 11.4 Å². The van der Waals surface area contributed by atoms with E-state index in [1.807, 2.05) is 0 Å². The van der Waals surface area contributed by atoms with Gasteiger partial charge in [-0.3, -0.25) is 9.59 Å². The van der Waals surface area contributed by atoms with Crippen LogP contribution < -0.4 is 11.3 Å². The number of primary amides is 1. The van der Waals surface area contributed by atoms with Crippen molar-refractivity contribution in [2.75, 3.05) is 0 Å². The Morgan fingerprint density at radius 1 is 1.33 bits per heavy atom. The van der Waals surface area contributed by atoms with Crippen molar-refractivity contribution in [2.24, 2.45) is 5.73 Å². The molecule has 2 aromatic rings. The second-order valence-corrected chi connectivity index (χ2v) is 3.72. The average molecular weight is 245 g/mol. The third-order valence-corrected chi connectivity index (χ3v) is 2.35. The fraction of sp³-hybridized carbons (Fsp3) is 0.0833. The van der Waals surface area contributed by atoms with Crippen LogP contribution in [0.1, 0.15) is 5.82 Å². The number of benzene rings is 1. The Labute approximate surface area is 102 Å². The van der Waals surface area contributed by atoms with E-state index in [0.717, 1.165) is 0 Å². The Bertz CT molecular complexity index is 635. The predicted octanol–water partition coefficient (Wildman–Crippen LogP) is 0.170. The van der Waals surface area contributed by atoms with Crippen molar-refractivity contribution in [2.45, 2.75) is 6.42 Å². The number of hydrogen-bond donors (Lipinski definition) is 3. The molecule has 18 heavy (non-hydrogen) atoms. The molecule has 0 radical (unpaired) electrons. The molecule has 4 N–H and O–H groups in total. The maximum atomic E-state index is 11.8. The lowest BCUT2D eigenvalue weighted by molar-refractivity contribution is -0.117. The van der Waals surface area contributed by atoms with Gasteiger partial charge in [-0.25, -0.2) is 0 Å². The Kier molecular flexibility index (Phi) is 3.09.